The summed E-state index contributed by atoms with van der Waals surface area (Å²) >= 11 is 2.28. The number of benzene rings is 1. The second-order valence-electron chi connectivity index (χ2n) is 4.68. The van der Waals surface area contributed by atoms with Gasteiger partial charge in [-0.25, -0.2) is 4.98 Å². The van der Waals surface area contributed by atoms with Crippen LogP contribution in [0, 0.1) is 0 Å². The van der Waals surface area contributed by atoms with Crippen LogP contribution in [0.2, 0.25) is 0 Å². The van der Waals surface area contributed by atoms with Crippen LogP contribution in [-0.4, -0.2) is 10.2 Å². The second kappa shape index (κ2) is 5.60. The van der Waals surface area contributed by atoms with Crippen LogP contribution in [0.3, 0.4) is 0 Å². The number of hydrogen-bond donors (Lipinski definition) is 2. The molecule has 0 fully saturated rings. The predicted octanol–water partition coefficient (Wildman–Crippen LogP) is 3.38. The van der Waals surface area contributed by atoms with Crippen molar-refractivity contribution in [3.63, 3.8) is 0 Å². The summed E-state index contributed by atoms with van der Waals surface area (Å²) in [6.45, 7) is 0. The van der Waals surface area contributed by atoms with E-state index in [1.807, 2.05) is 24.3 Å². The van der Waals surface area contributed by atoms with Crippen LogP contribution in [0.15, 0.2) is 35.4 Å². The predicted molar refractivity (Wildman–Crippen MR) is 77.0 cm³/mol. The third-order valence-electron chi connectivity index (χ3n) is 3.30. The fourth-order valence-electron chi connectivity index (χ4n) is 2.33. The highest BCUT2D eigenvalue weighted by atomic mass is 32.2. The van der Waals surface area contributed by atoms with E-state index >= 15 is 0 Å². The minimum absolute atomic E-state index is 0.0638. The number of halogens is 3. The number of nitrogens with zero attached hydrogens (tertiary/aromatic N) is 1. The van der Waals surface area contributed by atoms with Gasteiger partial charge >= 0.3 is 6.18 Å². The van der Waals surface area contributed by atoms with Crippen molar-refractivity contribution in [3.05, 3.63) is 45.9 Å². The minimum Gasteiger partial charge on any atom is -0.271 e. The maximum Gasteiger partial charge on any atom is 0.443 e. The molecule has 0 saturated heterocycles. The summed E-state index contributed by atoms with van der Waals surface area (Å²) in [5.41, 5.74) is 3.84. The van der Waals surface area contributed by atoms with Crippen molar-refractivity contribution in [1.82, 2.24) is 10.4 Å². The zero-order valence-electron chi connectivity index (χ0n) is 10.7. The zero-order valence-corrected chi connectivity index (χ0v) is 12.4. The lowest BCUT2D eigenvalue weighted by Gasteiger charge is -2.20. The second-order valence-corrected chi connectivity index (χ2v) is 7.02. The molecule has 2 aromatic rings. The van der Waals surface area contributed by atoms with E-state index in [2.05, 4.69) is 10.4 Å². The van der Waals surface area contributed by atoms with Crippen molar-refractivity contribution in [1.29, 1.82) is 0 Å². The molecule has 1 aliphatic heterocycles. The van der Waals surface area contributed by atoms with E-state index in [1.54, 1.807) is 11.8 Å². The molecular formula is C13H12F3N3S2. The van der Waals surface area contributed by atoms with E-state index in [0.717, 1.165) is 11.3 Å². The van der Waals surface area contributed by atoms with Crippen LogP contribution in [0.4, 0.5) is 13.2 Å². The molecule has 1 aliphatic rings. The van der Waals surface area contributed by atoms with Crippen LogP contribution in [0.1, 0.15) is 21.5 Å². The molecule has 2 heterocycles. The SMILES string of the molecule is NNC(c1cnc(C(F)(F)F)s1)C1Cc2ccccc2S1. The van der Waals surface area contributed by atoms with E-state index < -0.39 is 11.2 Å². The molecule has 0 bridgehead atoms. The first-order chi connectivity index (χ1) is 9.99. The monoisotopic (exact) mass is 331 g/mol. The van der Waals surface area contributed by atoms with Crippen molar-refractivity contribution in [3.8, 4) is 0 Å². The molecule has 112 valence electrons. The molecule has 3 rings (SSSR count). The highest BCUT2D eigenvalue weighted by molar-refractivity contribution is 8.00. The Morgan fingerprint density at radius 1 is 1.33 bits per heavy atom. The number of thioether (sulfide) groups is 1. The summed E-state index contributed by atoms with van der Waals surface area (Å²) in [5, 5.41) is -0.771. The van der Waals surface area contributed by atoms with Crippen molar-refractivity contribution in [2.45, 2.75) is 28.8 Å². The van der Waals surface area contributed by atoms with E-state index in [-0.39, 0.29) is 11.3 Å². The summed E-state index contributed by atoms with van der Waals surface area (Å²) in [6, 6.07) is 7.61. The van der Waals surface area contributed by atoms with E-state index in [1.165, 1.54) is 11.8 Å². The highest BCUT2D eigenvalue weighted by Gasteiger charge is 2.37. The average molecular weight is 331 g/mol. The molecule has 0 amide bonds. The van der Waals surface area contributed by atoms with Gasteiger partial charge in [0.2, 0.25) is 0 Å². The van der Waals surface area contributed by atoms with E-state index in [9.17, 15) is 13.2 Å². The number of thiazole rings is 1. The molecule has 0 aliphatic carbocycles. The number of alkyl halides is 3. The fourth-order valence-corrected chi connectivity index (χ4v) is 4.73. The van der Waals surface area contributed by atoms with Crippen molar-refractivity contribution >= 4 is 23.1 Å². The van der Waals surface area contributed by atoms with Crippen LogP contribution in [0.5, 0.6) is 0 Å². The van der Waals surface area contributed by atoms with Gasteiger partial charge in [-0.1, -0.05) is 18.2 Å². The smallest absolute Gasteiger partial charge is 0.271 e. The van der Waals surface area contributed by atoms with Gasteiger partial charge in [-0.3, -0.25) is 11.3 Å². The number of rotatable bonds is 3. The third-order valence-corrected chi connectivity index (χ3v) is 5.82. The Hall–Kier alpha value is -1.09. The Bertz CT molecular complexity index is 617. The number of nitrogens with two attached hydrogens (primary N) is 1. The highest BCUT2D eigenvalue weighted by Crippen LogP contribution is 2.44. The fraction of sp³-hybridized carbons (Fsp3) is 0.308. The van der Waals surface area contributed by atoms with Crippen molar-refractivity contribution < 1.29 is 13.2 Å². The van der Waals surface area contributed by atoms with Gasteiger partial charge in [0.15, 0.2) is 5.01 Å². The molecule has 1 aromatic carbocycles. The van der Waals surface area contributed by atoms with Gasteiger partial charge < -0.3 is 0 Å². The van der Waals surface area contributed by atoms with Gasteiger partial charge in [-0.2, -0.15) is 13.2 Å². The van der Waals surface area contributed by atoms with E-state index in [0.29, 0.717) is 16.2 Å². The minimum atomic E-state index is -4.41. The Morgan fingerprint density at radius 3 is 2.71 bits per heavy atom. The van der Waals surface area contributed by atoms with Crippen LogP contribution >= 0.6 is 23.1 Å². The first-order valence-corrected chi connectivity index (χ1v) is 7.92. The standard InChI is InChI=1S/C13H12F3N3S2/c14-13(15,16)12-18-6-10(21-12)11(19-17)9-5-7-3-1-2-4-8(7)20-9/h1-4,6,9,11,19H,5,17H2. The van der Waals surface area contributed by atoms with Gasteiger partial charge in [0.25, 0.3) is 0 Å². The lowest BCUT2D eigenvalue weighted by molar-refractivity contribution is -0.137. The number of fused-ring (bicyclic) bond motifs is 1. The topological polar surface area (TPSA) is 50.9 Å². The Balaban J connectivity index is 1.82. The summed E-state index contributed by atoms with van der Waals surface area (Å²) in [4.78, 5) is 5.13. The van der Waals surface area contributed by atoms with Crippen molar-refractivity contribution in [2.24, 2.45) is 5.84 Å². The molecule has 2 unspecified atom stereocenters. The molecule has 1 aromatic heterocycles. The summed E-state index contributed by atoms with van der Waals surface area (Å²) in [6.07, 6.45) is -2.37. The number of hydrogen-bond acceptors (Lipinski definition) is 5. The molecular weight excluding hydrogens is 319 g/mol. The van der Waals surface area contributed by atoms with Gasteiger partial charge in [0.1, 0.15) is 0 Å². The summed E-state index contributed by atoms with van der Waals surface area (Å²) in [7, 11) is 0. The molecule has 0 saturated carbocycles. The molecule has 0 spiro atoms. The third kappa shape index (κ3) is 2.94. The van der Waals surface area contributed by atoms with Gasteiger partial charge in [-0.15, -0.1) is 23.1 Å². The normalized spacial score (nSPS) is 19.5. The maximum atomic E-state index is 12.7. The van der Waals surface area contributed by atoms with Crippen LogP contribution in [-0.2, 0) is 12.6 Å². The van der Waals surface area contributed by atoms with Gasteiger partial charge in [0, 0.05) is 21.2 Å². The van der Waals surface area contributed by atoms with Gasteiger partial charge in [0.05, 0.1) is 6.04 Å². The first-order valence-electron chi connectivity index (χ1n) is 6.22. The molecule has 21 heavy (non-hydrogen) atoms. The Labute approximate surface area is 127 Å². The zero-order chi connectivity index (χ0) is 15.0. The lowest BCUT2D eigenvalue weighted by atomic mass is 10.0. The maximum absolute atomic E-state index is 12.7. The molecule has 0 radical (unpaired) electrons. The average Bonchev–Trinajstić information content (AvgIpc) is 3.05. The Morgan fingerprint density at radius 2 is 2.10 bits per heavy atom. The van der Waals surface area contributed by atoms with E-state index in [4.69, 9.17) is 5.84 Å². The van der Waals surface area contributed by atoms with Crippen LogP contribution < -0.4 is 11.3 Å². The molecule has 2 atom stereocenters. The molecule has 3 N–H and O–H groups in total. The number of nitrogens with one attached hydrogen (secondary N) is 1. The summed E-state index contributed by atoms with van der Waals surface area (Å²) < 4.78 is 38.0. The quantitative estimate of drug-likeness (QED) is 0.669. The summed E-state index contributed by atoms with van der Waals surface area (Å²) in [5.74, 6) is 5.57. The molecule has 8 heteroatoms. The molecule has 3 nitrogen and oxygen atoms in total. The Kier molecular flexibility index (Phi) is 3.96. The lowest BCUT2D eigenvalue weighted by Crippen LogP contribution is -2.34. The van der Waals surface area contributed by atoms with Crippen molar-refractivity contribution in [2.75, 3.05) is 0 Å². The van der Waals surface area contributed by atoms with Crippen LogP contribution in [0.25, 0.3) is 0 Å². The number of aromatic nitrogens is 1. The van der Waals surface area contributed by atoms with Gasteiger partial charge in [-0.05, 0) is 18.1 Å². The number of hydrazine groups is 1. The first kappa shape index (κ1) is 14.8. The largest absolute Gasteiger partial charge is 0.443 e.